The number of halogens is 1. The van der Waals surface area contributed by atoms with Crippen LogP contribution in [-0.4, -0.2) is 19.7 Å². The van der Waals surface area contributed by atoms with Crippen molar-refractivity contribution in [3.05, 3.63) is 28.8 Å². The zero-order valence-corrected chi connectivity index (χ0v) is 12.0. The van der Waals surface area contributed by atoms with E-state index in [0.29, 0.717) is 11.6 Å². The summed E-state index contributed by atoms with van der Waals surface area (Å²) in [7, 11) is 1.62. The predicted octanol–water partition coefficient (Wildman–Crippen LogP) is 3.13. The van der Waals surface area contributed by atoms with Crippen molar-refractivity contribution >= 4 is 11.6 Å². The first kappa shape index (κ1) is 14.8. The molecule has 0 radical (unpaired) electrons. The van der Waals surface area contributed by atoms with Crippen molar-refractivity contribution in [3.8, 4) is 11.8 Å². The number of hydrogen-bond acceptors (Lipinski definition) is 3. The van der Waals surface area contributed by atoms with Crippen LogP contribution in [0.2, 0.25) is 5.02 Å². The Balaban J connectivity index is 2.88. The van der Waals surface area contributed by atoms with E-state index in [9.17, 15) is 0 Å². The summed E-state index contributed by atoms with van der Waals surface area (Å²) in [6.45, 7) is 6.72. The van der Waals surface area contributed by atoms with Crippen LogP contribution in [0.25, 0.3) is 0 Å². The molecule has 0 amide bonds. The molecule has 0 bridgehead atoms. The van der Waals surface area contributed by atoms with Crippen LogP contribution in [0.1, 0.15) is 26.3 Å². The molecule has 1 atom stereocenters. The van der Waals surface area contributed by atoms with Gasteiger partial charge in [0.1, 0.15) is 5.75 Å². The van der Waals surface area contributed by atoms with Crippen molar-refractivity contribution in [2.75, 3.05) is 13.7 Å². The fourth-order valence-corrected chi connectivity index (χ4v) is 2.15. The van der Waals surface area contributed by atoms with Crippen LogP contribution in [0.5, 0.6) is 5.75 Å². The molecule has 0 fully saturated rings. The second-order valence-electron chi connectivity index (χ2n) is 4.96. The third kappa shape index (κ3) is 3.63. The Bertz CT molecular complexity index is 452. The first-order valence-electron chi connectivity index (χ1n) is 5.87. The highest BCUT2D eigenvalue weighted by molar-refractivity contribution is 6.31. The van der Waals surface area contributed by atoms with E-state index in [-0.39, 0.29) is 11.5 Å². The normalized spacial score (nSPS) is 12.9. The van der Waals surface area contributed by atoms with E-state index in [1.165, 1.54) is 0 Å². The van der Waals surface area contributed by atoms with E-state index in [1.807, 2.05) is 25.1 Å². The first-order chi connectivity index (χ1) is 8.40. The molecule has 0 saturated carbocycles. The second kappa shape index (κ2) is 6.08. The lowest BCUT2D eigenvalue weighted by molar-refractivity contribution is 0.413. The minimum absolute atomic E-state index is 0.144. The molecule has 98 valence electrons. The molecule has 1 rings (SSSR count). The Labute approximate surface area is 114 Å². The number of nitriles is 1. The molecule has 1 aromatic rings. The van der Waals surface area contributed by atoms with E-state index in [4.69, 9.17) is 21.6 Å². The van der Waals surface area contributed by atoms with E-state index >= 15 is 0 Å². The fraction of sp³-hybridized carbons (Fsp3) is 0.500. The van der Waals surface area contributed by atoms with Crippen LogP contribution in [0.15, 0.2) is 18.2 Å². The maximum atomic E-state index is 8.77. The molecule has 0 aliphatic heterocycles. The van der Waals surface area contributed by atoms with E-state index in [1.54, 1.807) is 7.11 Å². The second-order valence-corrected chi connectivity index (χ2v) is 5.37. The summed E-state index contributed by atoms with van der Waals surface area (Å²) >= 11 is 6.27. The Morgan fingerprint density at radius 1 is 1.50 bits per heavy atom. The summed E-state index contributed by atoms with van der Waals surface area (Å²) < 4.78 is 5.14. The zero-order chi connectivity index (χ0) is 13.8. The SMILES string of the molecule is COc1ccc(C(C)(C)CNC(C)C#N)c(Cl)c1. The first-order valence-corrected chi connectivity index (χ1v) is 6.25. The molecular weight excluding hydrogens is 248 g/mol. The third-order valence-electron chi connectivity index (χ3n) is 2.95. The molecule has 0 aliphatic rings. The smallest absolute Gasteiger partial charge is 0.120 e. The van der Waals surface area contributed by atoms with E-state index in [0.717, 1.165) is 11.3 Å². The fourth-order valence-electron chi connectivity index (χ4n) is 1.72. The monoisotopic (exact) mass is 266 g/mol. The van der Waals surface area contributed by atoms with Crippen LogP contribution < -0.4 is 10.1 Å². The Hall–Kier alpha value is -1.24. The van der Waals surface area contributed by atoms with Crippen LogP contribution in [-0.2, 0) is 5.41 Å². The van der Waals surface area contributed by atoms with Gasteiger partial charge in [0.15, 0.2) is 0 Å². The standard InChI is InChI=1S/C14H19ClN2O/c1-10(8-16)17-9-14(2,3)12-6-5-11(18-4)7-13(12)15/h5-7,10,17H,9H2,1-4H3. The van der Waals surface area contributed by atoms with Gasteiger partial charge in [-0.3, -0.25) is 0 Å². The van der Waals surface area contributed by atoms with Gasteiger partial charge in [0.25, 0.3) is 0 Å². The van der Waals surface area contributed by atoms with Gasteiger partial charge >= 0.3 is 0 Å². The third-order valence-corrected chi connectivity index (χ3v) is 3.26. The van der Waals surface area contributed by atoms with Gasteiger partial charge in [-0.2, -0.15) is 5.26 Å². The highest BCUT2D eigenvalue weighted by Gasteiger charge is 2.24. The number of methoxy groups -OCH3 is 1. The number of nitrogens with one attached hydrogen (secondary N) is 1. The molecule has 4 heteroatoms. The van der Waals surface area contributed by atoms with Crippen LogP contribution in [0.3, 0.4) is 0 Å². The van der Waals surface area contributed by atoms with Gasteiger partial charge in [0.2, 0.25) is 0 Å². The summed E-state index contributed by atoms with van der Waals surface area (Å²) in [4.78, 5) is 0. The summed E-state index contributed by atoms with van der Waals surface area (Å²) in [6, 6.07) is 7.68. The lowest BCUT2D eigenvalue weighted by Gasteiger charge is -2.27. The van der Waals surface area contributed by atoms with Gasteiger partial charge < -0.3 is 10.1 Å². The lowest BCUT2D eigenvalue weighted by atomic mass is 9.84. The van der Waals surface area contributed by atoms with E-state index in [2.05, 4.69) is 25.2 Å². The van der Waals surface area contributed by atoms with Gasteiger partial charge in [-0.25, -0.2) is 0 Å². The van der Waals surface area contributed by atoms with Gasteiger partial charge in [-0.1, -0.05) is 31.5 Å². The Kier molecular flexibility index (Phi) is 5.01. The number of hydrogen-bond donors (Lipinski definition) is 1. The minimum atomic E-state index is -0.165. The van der Waals surface area contributed by atoms with Gasteiger partial charge in [0, 0.05) is 17.0 Å². The predicted molar refractivity (Wildman–Crippen MR) is 74.1 cm³/mol. The molecule has 3 nitrogen and oxygen atoms in total. The average molecular weight is 267 g/mol. The number of nitrogens with zero attached hydrogens (tertiary/aromatic N) is 1. The van der Waals surface area contributed by atoms with Crippen molar-refractivity contribution in [1.82, 2.24) is 5.32 Å². The van der Waals surface area contributed by atoms with Crippen molar-refractivity contribution in [2.24, 2.45) is 0 Å². The molecule has 1 unspecified atom stereocenters. The zero-order valence-electron chi connectivity index (χ0n) is 11.2. The van der Waals surface area contributed by atoms with Gasteiger partial charge in [-0.05, 0) is 24.6 Å². The summed E-state index contributed by atoms with van der Waals surface area (Å²) in [6.07, 6.45) is 0. The molecule has 0 aromatic heterocycles. The van der Waals surface area contributed by atoms with E-state index < -0.39 is 0 Å². The number of rotatable bonds is 5. The quantitative estimate of drug-likeness (QED) is 0.891. The van der Waals surface area contributed by atoms with Crippen molar-refractivity contribution in [2.45, 2.75) is 32.2 Å². The van der Waals surface area contributed by atoms with Crippen molar-refractivity contribution in [3.63, 3.8) is 0 Å². The Morgan fingerprint density at radius 3 is 2.67 bits per heavy atom. The van der Waals surface area contributed by atoms with Gasteiger partial charge in [0.05, 0.1) is 19.2 Å². The molecule has 0 saturated heterocycles. The molecule has 1 N–H and O–H groups in total. The Morgan fingerprint density at radius 2 is 2.17 bits per heavy atom. The molecule has 18 heavy (non-hydrogen) atoms. The highest BCUT2D eigenvalue weighted by Crippen LogP contribution is 2.32. The van der Waals surface area contributed by atoms with Gasteiger partial charge in [-0.15, -0.1) is 0 Å². The lowest BCUT2D eigenvalue weighted by Crippen LogP contribution is -2.37. The molecule has 0 heterocycles. The van der Waals surface area contributed by atoms with Crippen molar-refractivity contribution in [1.29, 1.82) is 5.26 Å². The minimum Gasteiger partial charge on any atom is -0.497 e. The molecule has 0 spiro atoms. The number of ether oxygens (including phenoxy) is 1. The molecule has 1 aromatic carbocycles. The maximum Gasteiger partial charge on any atom is 0.120 e. The highest BCUT2D eigenvalue weighted by atomic mass is 35.5. The summed E-state index contributed by atoms with van der Waals surface area (Å²) in [5, 5.41) is 12.6. The van der Waals surface area contributed by atoms with Crippen molar-refractivity contribution < 1.29 is 4.74 Å². The summed E-state index contributed by atoms with van der Waals surface area (Å²) in [5.74, 6) is 0.748. The van der Waals surface area contributed by atoms with Crippen LogP contribution in [0, 0.1) is 11.3 Å². The summed E-state index contributed by atoms with van der Waals surface area (Å²) in [5.41, 5.74) is 0.900. The topological polar surface area (TPSA) is 45.0 Å². The molecular formula is C14H19ClN2O. The van der Waals surface area contributed by atoms with Crippen LogP contribution in [0.4, 0.5) is 0 Å². The molecule has 0 aliphatic carbocycles. The average Bonchev–Trinajstić information content (AvgIpc) is 2.35. The number of benzene rings is 1. The maximum absolute atomic E-state index is 8.77. The largest absolute Gasteiger partial charge is 0.497 e. The van der Waals surface area contributed by atoms with Crippen LogP contribution >= 0.6 is 11.6 Å².